The van der Waals surface area contributed by atoms with Crippen molar-refractivity contribution in [3.8, 4) is 0 Å². The molecule has 0 aliphatic carbocycles. The van der Waals surface area contributed by atoms with E-state index in [2.05, 4.69) is 15.4 Å². The number of hydrogen-bond acceptors (Lipinski definition) is 6. The van der Waals surface area contributed by atoms with Crippen molar-refractivity contribution in [1.82, 2.24) is 14.8 Å². The summed E-state index contributed by atoms with van der Waals surface area (Å²) in [6.07, 6.45) is 2.03. The molecule has 2 N–H and O–H groups in total. The van der Waals surface area contributed by atoms with Crippen molar-refractivity contribution in [1.29, 1.82) is 0 Å². The highest BCUT2D eigenvalue weighted by Crippen LogP contribution is 2.19. The molecular weight excluding hydrogens is 376 g/mol. The SMILES string of the molecule is CC(O)c1nc(Cn2cc(NC(=O)OCc3ccccc3Cl)cn2)cs1. The van der Waals surface area contributed by atoms with Crippen molar-refractivity contribution in [3.63, 3.8) is 0 Å². The molecule has 2 aromatic heterocycles. The van der Waals surface area contributed by atoms with E-state index < -0.39 is 12.2 Å². The lowest BCUT2D eigenvalue weighted by Gasteiger charge is -2.06. The third kappa shape index (κ3) is 4.81. The van der Waals surface area contributed by atoms with E-state index in [1.807, 2.05) is 17.5 Å². The zero-order valence-corrected chi connectivity index (χ0v) is 15.5. The number of carbonyl (C=O) groups is 1. The molecule has 0 spiro atoms. The van der Waals surface area contributed by atoms with Gasteiger partial charge in [0.25, 0.3) is 0 Å². The summed E-state index contributed by atoms with van der Waals surface area (Å²) >= 11 is 7.42. The number of ether oxygens (including phenoxy) is 1. The fourth-order valence-electron chi connectivity index (χ4n) is 2.18. The predicted molar refractivity (Wildman–Crippen MR) is 99.3 cm³/mol. The number of aliphatic hydroxyl groups is 1. The van der Waals surface area contributed by atoms with Crippen LogP contribution >= 0.6 is 22.9 Å². The number of thiazole rings is 1. The van der Waals surface area contributed by atoms with E-state index in [-0.39, 0.29) is 6.61 Å². The van der Waals surface area contributed by atoms with Crippen LogP contribution < -0.4 is 5.32 Å². The van der Waals surface area contributed by atoms with Crippen LogP contribution in [0.2, 0.25) is 5.02 Å². The first-order chi connectivity index (χ1) is 12.5. The predicted octanol–water partition coefficient (Wildman–Crippen LogP) is 3.84. The molecule has 1 amide bonds. The summed E-state index contributed by atoms with van der Waals surface area (Å²) in [6.45, 7) is 2.20. The van der Waals surface area contributed by atoms with Crippen LogP contribution in [0.3, 0.4) is 0 Å². The van der Waals surface area contributed by atoms with E-state index in [9.17, 15) is 9.90 Å². The van der Waals surface area contributed by atoms with Crippen LogP contribution in [-0.2, 0) is 17.9 Å². The van der Waals surface area contributed by atoms with Crippen LogP contribution in [0.15, 0.2) is 42.0 Å². The van der Waals surface area contributed by atoms with Crippen LogP contribution in [0.25, 0.3) is 0 Å². The number of nitrogens with one attached hydrogen (secondary N) is 1. The lowest BCUT2D eigenvalue weighted by molar-refractivity contribution is 0.155. The first kappa shape index (κ1) is 18.4. The minimum atomic E-state index is -0.588. The minimum absolute atomic E-state index is 0.0839. The average molecular weight is 393 g/mol. The van der Waals surface area contributed by atoms with Crippen molar-refractivity contribution in [2.75, 3.05) is 5.32 Å². The molecule has 26 heavy (non-hydrogen) atoms. The first-order valence-corrected chi connectivity index (χ1v) is 9.09. The molecule has 0 bridgehead atoms. The van der Waals surface area contributed by atoms with Gasteiger partial charge in [-0.3, -0.25) is 10.00 Å². The van der Waals surface area contributed by atoms with Gasteiger partial charge in [0.2, 0.25) is 0 Å². The Bertz CT molecular complexity index is 894. The number of amides is 1. The fourth-order valence-corrected chi connectivity index (χ4v) is 3.12. The normalized spacial score (nSPS) is 12.0. The van der Waals surface area contributed by atoms with E-state index in [0.29, 0.717) is 22.3 Å². The number of anilines is 1. The quantitative estimate of drug-likeness (QED) is 0.665. The molecule has 3 aromatic rings. The van der Waals surface area contributed by atoms with Gasteiger partial charge in [0, 0.05) is 22.2 Å². The van der Waals surface area contributed by atoms with Crippen molar-refractivity contribution < 1.29 is 14.6 Å². The molecule has 9 heteroatoms. The molecule has 0 radical (unpaired) electrons. The van der Waals surface area contributed by atoms with E-state index in [1.165, 1.54) is 17.5 Å². The highest BCUT2D eigenvalue weighted by Gasteiger charge is 2.10. The standard InChI is InChI=1S/C17H17ClN4O3S/c1-11(23)16-20-14(10-26-16)8-22-7-13(6-19-22)21-17(24)25-9-12-4-2-3-5-15(12)18/h2-7,10-11,23H,8-9H2,1H3,(H,21,24). The summed E-state index contributed by atoms with van der Waals surface area (Å²) in [5.41, 5.74) is 2.04. The van der Waals surface area contributed by atoms with Crippen molar-refractivity contribution in [2.24, 2.45) is 0 Å². The third-order valence-electron chi connectivity index (χ3n) is 3.45. The third-order valence-corrected chi connectivity index (χ3v) is 4.88. The number of nitrogens with zero attached hydrogens (tertiary/aromatic N) is 3. The summed E-state index contributed by atoms with van der Waals surface area (Å²) in [5, 5.41) is 19.4. The summed E-state index contributed by atoms with van der Waals surface area (Å²) in [5.74, 6) is 0. The average Bonchev–Trinajstić information content (AvgIpc) is 3.24. The van der Waals surface area contributed by atoms with Gasteiger partial charge in [0.1, 0.15) is 17.7 Å². The number of rotatable bonds is 6. The van der Waals surface area contributed by atoms with Crippen molar-refractivity contribution in [2.45, 2.75) is 26.2 Å². The van der Waals surface area contributed by atoms with Gasteiger partial charge in [-0.05, 0) is 13.0 Å². The topological polar surface area (TPSA) is 89.3 Å². The maximum Gasteiger partial charge on any atom is 0.412 e. The molecule has 1 atom stereocenters. The van der Waals surface area contributed by atoms with Crippen LogP contribution in [0, 0.1) is 0 Å². The molecule has 3 rings (SSSR count). The van der Waals surface area contributed by atoms with Crippen LogP contribution in [0.1, 0.15) is 29.3 Å². The number of carbonyl (C=O) groups excluding carboxylic acids is 1. The second kappa shape index (κ2) is 8.31. The highest BCUT2D eigenvalue weighted by atomic mass is 35.5. The van der Waals surface area contributed by atoms with E-state index in [0.717, 1.165) is 11.3 Å². The van der Waals surface area contributed by atoms with Gasteiger partial charge in [0.05, 0.1) is 24.1 Å². The molecule has 7 nitrogen and oxygen atoms in total. The second-order valence-electron chi connectivity index (χ2n) is 5.57. The van der Waals surface area contributed by atoms with Gasteiger partial charge in [-0.15, -0.1) is 11.3 Å². The van der Waals surface area contributed by atoms with Gasteiger partial charge in [-0.25, -0.2) is 9.78 Å². The Morgan fingerprint density at radius 2 is 2.27 bits per heavy atom. The summed E-state index contributed by atoms with van der Waals surface area (Å²) < 4.78 is 6.80. The molecule has 1 aromatic carbocycles. The molecular formula is C17H17ClN4O3S. The number of aromatic nitrogens is 3. The van der Waals surface area contributed by atoms with Crippen molar-refractivity contribution in [3.05, 3.63) is 63.3 Å². The van der Waals surface area contributed by atoms with E-state index in [1.54, 1.807) is 29.9 Å². The maximum absolute atomic E-state index is 11.9. The Hall–Kier alpha value is -2.42. The molecule has 0 saturated carbocycles. The van der Waals surface area contributed by atoms with Crippen molar-refractivity contribution >= 4 is 34.7 Å². The molecule has 2 heterocycles. The van der Waals surface area contributed by atoms with E-state index in [4.69, 9.17) is 16.3 Å². The van der Waals surface area contributed by atoms with Gasteiger partial charge < -0.3 is 9.84 Å². The molecule has 0 fully saturated rings. The van der Waals surface area contributed by atoms with Crippen LogP contribution in [0.5, 0.6) is 0 Å². The molecule has 1 unspecified atom stereocenters. The number of aliphatic hydroxyl groups excluding tert-OH is 1. The Kier molecular flexibility index (Phi) is 5.87. The minimum Gasteiger partial charge on any atom is -0.444 e. The second-order valence-corrected chi connectivity index (χ2v) is 6.87. The van der Waals surface area contributed by atoms with Gasteiger partial charge >= 0.3 is 6.09 Å². The molecule has 0 aliphatic heterocycles. The molecule has 0 aliphatic rings. The Balaban J connectivity index is 1.52. The number of benzene rings is 1. The van der Waals surface area contributed by atoms with Gasteiger partial charge in [-0.1, -0.05) is 29.8 Å². The molecule has 136 valence electrons. The molecule has 0 saturated heterocycles. The summed E-state index contributed by atoms with van der Waals surface area (Å²) in [7, 11) is 0. The Labute approximate surface area is 159 Å². The van der Waals surface area contributed by atoms with Gasteiger partial charge in [-0.2, -0.15) is 5.10 Å². The lowest BCUT2D eigenvalue weighted by Crippen LogP contribution is -2.13. The maximum atomic E-state index is 11.9. The monoisotopic (exact) mass is 392 g/mol. The van der Waals surface area contributed by atoms with Gasteiger partial charge in [0.15, 0.2) is 0 Å². The first-order valence-electron chi connectivity index (χ1n) is 7.83. The largest absolute Gasteiger partial charge is 0.444 e. The fraction of sp³-hybridized carbons (Fsp3) is 0.235. The lowest BCUT2D eigenvalue weighted by atomic mass is 10.2. The number of hydrogen-bond donors (Lipinski definition) is 2. The van der Waals surface area contributed by atoms with E-state index >= 15 is 0 Å². The smallest absolute Gasteiger partial charge is 0.412 e. The Morgan fingerprint density at radius 1 is 1.46 bits per heavy atom. The number of halogens is 1. The highest BCUT2D eigenvalue weighted by molar-refractivity contribution is 7.09. The van der Waals surface area contributed by atoms with Crippen LogP contribution in [-0.4, -0.2) is 26.0 Å². The zero-order valence-electron chi connectivity index (χ0n) is 13.9. The Morgan fingerprint density at radius 3 is 3.00 bits per heavy atom. The zero-order chi connectivity index (χ0) is 18.5. The van der Waals surface area contributed by atoms with Crippen LogP contribution in [0.4, 0.5) is 10.5 Å². The summed E-state index contributed by atoms with van der Waals surface area (Å²) in [4.78, 5) is 16.2. The summed E-state index contributed by atoms with van der Waals surface area (Å²) in [6, 6.07) is 7.17.